The molecule has 0 bridgehead atoms. The number of ether oxygens (including phenoxy) is 2. The lowest BCUT2D eigenvalue weighted by molar-refractivity contribution is -0.130. The maximum Gasteiger partial charge on any atom is 0.257 e. The van der Waals surface area contributed by atoms with E-state index >= 15 is 0 Å². The number of piperazine rings is 1. The van der Waals surface area contributed by atoms with Gasteiger partial charge in [-0.2, -0.15) is 0 Å². The maximum absolute atomic E-state index is 13.3. The molecule has 0 radical (unpaired) electrons. The van der Waals surface area contributed by atoms with Gasteiger partial charge in [0.05, 0.1) is 37.5 Å². The van der Waals surface area contributed by atoms with Gasteiger partial charge in [0.15, 0.2) is 10.9 Å². The molecule has 1 aliphatic rings. The number of benzene rings is 2. The van der Waals surface area contributed by atoms with Crippen LogP contribution >= 0.6 is 11.8 Å². The molecule has 1 unspecified atom stereocenters. The van der Waals surface area contributed by atoms with Crippen LogP contribution in [0.2, 0.25) is 0 Å². The van der Waals surface area contributed by atoms with Gasteiger partial charge >= 0.3 is 0 Å². The van der Waals surface area contributed by atoms with Crippen molar-refractivity contribution in [3.05, 3.63) is 72.0 Å². The number of carbonyl (C=O) groups excluding carboxylic acids is 2. The van der Waals surface area contributed by atoms with Crippen molar-refractivity contribution < 1.29 is 23.5 Å². The number of carbonyl (C=O) groups is 2. The number of para-hydroxylation sites is 1. The Morgan fingerprint density at radius 2 is 1.88 bits per heavy atom. The van der Waals surface area contributed by atoms with E-state index in [1.165, 1.54) is 18.9 Å². The maximum atomic E-state index is 13.3. The predicted molar refractivity (Wildman–Crippen MR) is 151 cm³/mol. The molecular weight excluding hydrogens is 530 g/mol. The summed E-state index contributed by atoms with van der Waals surface area (Å²) in [5.74, 6) is 2.27. The van der Waals surface area contributed by atoms with E-state index < -0.39 is 0 Å². The number of hydrogen-bond donors (Lipinski definition) is 0. The fourth-order valence-corrected chi connectivity index (χ4v) is 5.64. The lowest BCUT2D eigenvalue weighted by Gasteiger charge is -2.40. The number of thioether (sulfide) groups is 1. The van der Waals surface area contributed by atoms with Crippen LogP contribution in [-0.4, -0.2) is 82.0 Å². The summed E-state index contributed by atoms with van der Waals surface area (Å²) in [4.78, 5) is 30.2. The first-order chi connectivity index (χ1) is 19.4. The molecule has 4 aromatic rings. The van der Waals surface area contributed by atoms with Gasteiger partial charge in [-0.3, -0.25) is 14.2 Å². The molecular formula is C29H31N5O5S. The van der Waals surface area contributed by atoms with Crippen LogP contribution in [-0.2, 0) is 4.79 Å². The largest absolute Gasteiger partial charge is 0.497 e. The van der Waals surface area contributed by atoms with Crippen LogP contribution in [0.25, 0.3) is 17.3 Å². The summed E-state index contributed by atoms with van der Waals surface area (Å²) in [5, 5.41) is 9.36. The minimum absolute atomic E-state index is 0.0233. The summed E-state index contributed by atoms with van der Waals surface area (Å²) in [6.45, 7) is 5.27. The van der Waals surface area contributed by atoms with Gasteiger partial charge in [-0.1, -0.05) is 30.0 Å². The Morgan fingerprint density at radius 1 is 1.05 bits per heavy atom. The predicted octanol–water partition coefficient (Wildman–Crippen LogP) is 4.32. The third kappa shape index (κ3) is 5.42. The Labute approximate surface area is 236 Å². The SMILES string of the molecule is COc1ccc(C(=O)N2CCN(C(=O)CSc3nnc(-c4ccco4)n3-c3ccccc3C)CC2C)c(OC)c1. The van der Waals surface area contributed by atoms with E-state index in [1.807, 2.05) is 48.7 Å². The number of amides is 2. The van der Waals surface area contributed by atoms with Crippen molar-refractivity contribution in [1.29, 1.82) is 0 Å². The molecule has 40 heavy (non-hydrogen) atoms. The van der Waals surface area contributed by atoms with Crippen LogP contribution in [0.15, 0.2) is 70.4 Å². The van der Waals surface area contributed by atoms with Crippen molar-refractivity contribution in [3.63, 3.8) is 0 Å². The number of nitrogens with zero attached hydrogens (tertiary/aromatic N) is 5. The van der Waals surface area contributed by atoms with E-state index in [4.69, 9.17) is 13.9 Å². The average molecular weight is 562 g/mol. The van der Waals surface area contributed by atoms with Gasteiger partial charge in [0, 0.05) is 31.7 Å². The Morgan fingerprint density at radius 3 is 2.58 bits per heavy atom. The number of furan rings is 1. The van der Waals surface area contributed by atoms with E-state index in [-0.39, 0.29) is 23.6 Å². The number of methoxy groups -OCH3 is 2. The van der Waals surface area contributed by atoms with Crippen molar-refractivity contribution in [2.75, 3.05) is 39.6 Å². The Hall–Kier alpha value is -4.25. The van der Waals surface area contributed by atoms with Crippen LogP contribution < -0.4 is 9.47 Å². The van der Waals surface area contributed by atoms with Crippen LogP contribution in [0.1, 0.15) is 22.8 Å². The zero-order valence-corrected chi connectivity index (χ0v) is 23.7. The van der Waals surface area contributed by atoms with Crippen LogP contribution in [0, 0.1) is 6.92 Å². The van der Waals surface area contributed by atoms with Gasteiger partial charge in [-0.05, 0) is 49.7 Å². The highest BCUT2D eigenvalue weighted by atomic mass is 32.2. The number of aryl methyl sites for hydroxylation is 1. The number of hydrogen-bond acceptors (Lipinski definition) is 8. The average Bonchev–Trinajstić information content (AvgIpc) is 3.65. The summed E-state index contributed by atoms with van der Waals surface area (Å²) in [6.07, 6.45) is 1.60. The molecule has 5 rings (SSSR count). The summed E-state index contributed by atoms with van der Waals surface area (Å²) in [7, 11) is 3.10. The zero-order chi connectivity index (χ0) is 28.2. The molecule has 2 amide bonds. The van der Waals surface area contributed by atoms with Crippen molar-refractivity contribution >= 4 is 23.6 Å². The van der Waals surface area contributed by atoms with Gasteiger partial charge in [0.1, 0.15) is 11.5 Å². The molecule has 208 valence electrons. The Bertz CT molecular complexity index is 1500. The molecule has 2 aromatic heterocycles. The standard InChI is InChI=1S/C29H31N5O5S/c1-19-8-5-6-9-23(19)34-27(24-10-7-15-39-24)30-31-29(34)40-18-26(35)32-13-14-33(20(2)17-32)28(36)22-12-11-21(37-3)16-25(22)38-4/h5-12,15-16,20H,13-14,17-18H2,1-4H3. The zero-order valence-electron chi connectivity index (χ0n) is 22.9. The minimum atomic E-state index is -0.164. The normalized spacial score (nSPS) is 15.2. The highest BCUT2D eigenvalue weighted by Crippen LogP contribution is 2.30. The summed E-state index contributed by atoms with van der Waals surface area (Å²) in [6, 6.07) is 16.6. The van der Waals surface area contributed by atoms with Crippen molar-refractivity contribution in [1.82, 2.24) is 24.6 Å². The summed E-state index contributed by atoms with van der Waals surface area (Å²) in [5.41, 5.74) is 2.43. The molecule has 1 saturated heterocycles. The molecule has 2 aromatic carbocycles. The van der Waals surface area contributed by atoms with Gasteiger partial charge in [-0.15, -0.1) is 10.2 Å². The lowest BCUT2D eigenvalue weighted by atomic mass is 10.1. The van der Waals surface area contributed by atoms with Crippen LogP contribution in [0.4, 0.5) is 0 Å². The van der Waals surface area contributed by atoms with Gasteiger partial charge in [0.2, 0.25) is 11.7 Å². The van der Waals surface area contributed by atoms with E-state index in [0.717, 1.165) is 11.3 Å². The van der Waals surface area contributed by atoms with Crippen molar-refractivity contribution in [2.45, 2.75) is 25.0 Å². The first kappa shape index (κ1) is 27.3. The Balaban J connectivity index is 1.27. The molecule has 1 fully saturated rings. The molecule has 0 N–H and O–H groups in total. The molecule has 1 aliphatic heterocycles. The first-order valence-corrected chi connectivity index (χ1v) is 13.9. The van der Waals surface area contributed by atoms with Crippen LogP contribution in [0.5, 0.6) is 11.5 Å². The first-order valence-electron chi connectivity index (χ1n) is 12.9. The highest BCUT2D eigenvalue weighted by molar-refractivity contribution is 7.99. The van der Waals surface area contributed by atoms with E-state index in [1.54, 1.807) is 47.4 Å². The fraction of sp³-hybridized carbons (Fsp3) is 0.310. The third-order valence-electron chi connectivity index (χ3n) is 6.94. The molecule has 1 atom stereocenters. The van der Waals surface area contributed by atoms with Gasteiger partial charge in [0.25, 0.3) is 5.91 Å². The molecule has 11 heteroatoms. The topological polar surface area (TPSA) is 103 Å². The number of rotatable bonds is 8. The van der Waals surface area contributed by atoms with E-state index in [2.05, 4.69) is 10.2 Å². The quantitative estimate of drug-likeness (QED) is 0.293. The smallest absolute Gasteiger partial charge is 0.257 e. The molecule has 0 saturated carbocycles. The second-order valence-corrected chi connectivity index (χ2v) is 10.4. The lowest BCUT2D eigenvalue weighted by Crippen LogP contribution is -2.55. The Kier molecular flexibility index (Phi) is 8.11. The summed E-state index contributed by atoms with van der Waals surface area (Å²) < 4.78 is 18.2. The monoisotopic (exact) mass is 561 g/mol. The fourth-order valence-electron chi connectivity index (χ4n) is 4.79. The minimum Gasteiger partial charge on any atom is -0.497 e. The van der Waals surface area contributed by atoms with Crippen molar-refractivity contribution in [3.8, 4) is 28.8 Å². The summed E-state index contributed by atoms with van der Waals surface area (Å²) >= 11 is 1.33. The van der Waals surface area contributed by atoms with Gasteiger partial charge in [-0.25, -0.2) is 0 Å². The molecule has 0 aliphatic carbocycles. The molecule has 3 heterocycles. The second-order valence-electron chi connectivity index (χ2n) is 9.45. The van der Waals surface area contributed by atoms with E-state index in [9.17, 15) is 9.59 Å². The van der Waals surface area contributed by atoms with E-state index in [0.29, 0.717) is 53.4 Å². The molecule has 0 spiro atoms. The highest BCUT2D eigenvalue weighted by Gasteiger charge is 2.32. The molecule has 10 nitrogen and oxygen atoms in total. The van der Waals surface area contributed by atoms with Crippen molar-refractivity contribution in [2.24, 2.45) is 0 Å². The third-order valence-corrected chi connectivity index (χ3v) is 7.85. The number of aromatic nitrogens is 3. The van der Waals surface area contributed by atoms with Crippen LogP contribution in [0.3, 0.4) is 0 Å². The van der Waals surface area contributed by atoms with Gasteiger partial charge < -0.3 is 23.7 Å². The second kappa shape index (κ2) is 11.9.